The molecule has 0 aliphatic carbocycles. The molecule has 0 unspecified atom stereocenters. The molecular weight excluding hydrogens is 598 g/mol. The van der Waals surface area contributed by atoms with Crippen LogP contribution in [0.4, 0.5) is 22.9 Å². The lowest BCUT2D eigenvalue weighted by Crippen LogP contribution is -2.21. The maximum Gasteiger partial charge on any atom is 0.255 e. The normalized spacial score (nSPS) is 10.9. The summed E-state index contributed by atoms with van der Waals surface area (Å²) < 4.78 is 7.11. The summed E-state index contributed by atoms with van der Waals surface area (Å²) in [6, 6.07) is 23.2. The van der Waals surface area contributed by atoms with Gasteiger partial charge in [-0.2, -0.15) is 0 Å². The van der Waals surface area contributed by atoms with Gasteiger partial charge in [0.15, 0.2) is 11.4 Å². The van der Waals surface area contributed by atoms with Crippen LogP contribution in [-0.2, 0) is 4.79 Å². The molecule has 0 aliphatic heterocycles. The number of carbonyl (C=O) groups excluding carboxylic acids is 2. The lowest BCUT2D eigenvalue weighted by Gasteiger charge is -2.16. The summed E-state index contributed by atoms with van der Waals surface area (Å²) in [6.45, 7) is 4.03. The van der Waals surface area contributed by atoms with Gasteiger partial charge in [-0.05, 0) is 84.8 Å². The summed E-state index contributed by atoms with van der Waals surface area (Å²) in [6.07, 6.45) is 1.45. The molecule has 5 N–H and O–H groups in total. The number of amides is 2. The number of carbonyl (C=O) groups is 2. The SMILES string of the molecule is CC(C)c1ccc2c(Nc3cc(C(=O)Nc4ccc(Br)cc4)ccc3Oc3ccc(NC(=O)CN)cc3)ncnc2n1. The number of nitrogens with zero attached hydrogens (tertiary/aromatic N) is 3. The van der Waals surface area contributed by atoms with E-state index in [0.717, 1.165) is 15.6 Å². The summed E-state index contributed by atoms with van der Waals surface area (Å²) in [5.41, 5.74) is 9.03. The molecule has 0 bridgehead atoms. The molecule has 0 fully saturated rings. The van der Waals surface area contributed by atoms with E-state index < -0.39 is 0 Å². The molecule has 0 radical (unpaired) electrons. The predicted molar refractivity (Wildman–Crippen MR) is 167 cm³/mol. The monoisotopic (exact) mass is 625 g/mol. The highest BCUT2D eigenvalue weighted by Gasteiger charge is 2.15. The number of nitrogens with two attached hydrogens (primary N) is 1. The predicted octanol–water partition coefficient (Wildman–Crippen LogP) is 6.60. The number of halogens is 1. The Morgan fingerprint density at radius 2 is 1.62 bits per heavy atom. The van der Waals surface area contributed by atoms with Crippen molar-refractivity contribution in [3.8, 4) is 11.5 Å². The lowest BCUT2D eigenvalue weighted by atomic mass is 10.1. The minimum atomic E-state index is -0.292. The Morgan fingerprint density at radius 1 is 0.905 bits per heavy atom. The van der Waals surface area contributed by atoms with Crippen LogP contribution >= 0.6 is 15.9 Å². The number of fused-ring (bicyclic) bond motifs is 1. The third-order valence-corrected chi connectivity index (χ3v) is 6.79. The van der Waals surface area contributed by atoms with Crippen molar-refractivity contribution in [2.24, 2.45) is 5.73 Å². The van der Waals surface area contributed by atoms with E-state index in [-0.39, 0.29) is 24.3 Å². The molecule has 0 atom stereocenters. The molecule has 3 aromatic carbocycles. The highest BCUT2D eigenvalue weighted by Crippen LogP contribution is 2.35. The minimum absolute atomic E-state index is 0.110. The molecular formula is C31H28BrN7O3. The summed E-state index contributed by atoms with van der Waals surface area (Å²) in [4.78, 5) is 38.3. The van der Waals surface area contributed by atoms with Crippen molar-refractivity contribution in [1.29, 1.82) is 0 Å². The van der Waals surface area contributed by atoms with Crippen LogP contribution in [0.15, 0.2) is 89.7 Å². The van der Waals surface area contributed by atoms with E-state index in [2.05, 4.69) is 60.7 Å². The Bertz CT molecular complexity index is 1740. The molecule has 11 heteroatoms. The average Bonchev–Trinajstić information content (AvgIpc) is 2.99. The zero-order valence-electron chi connectivity index (χ0n) is 22.9. The van der Waals surface area contributed by atoms with Crippen molar-refractivity contribution in [3.63, 3.8) is 0 Å². The second kappa shape index (κ2) is 12.8. The maximum atomic E-state index is 13.2. The van der Waals surface area contributed by atoms with Crippen LogP contribution < -0.4 is 26.4 Å². The number of pyridine rings is 1. The third kappa shape index (κ3) is 6.88. The van der Waals surface area contributed by atoms with E-state index in [1.807, 2.05) is 36.4 Å². The second-order valence-corrected chi connectivity index (χ2v) is 10.6. The van der Waals surface area contributed by atoms with Crippen LogP contribution in [0, 0.1) is 0 Å². The maximum absolute atomic E-state index is 13.2. The van der Waals surface area contributed by atoms with Gasteiger partial charge in [-0.1, -0.05) is 29.8 Å². The number of benzene rings is 3. The van der Waals surface area contributed by atoms with Crippen molar-refractivity contribution in [3.05, 3.63) is 101 Å². The van der Waals surface area contributed by atoms with Crippen LogP contribution in [-0.4, -0.2) is 33.3 Å². The topological polar surface area (TPSA) is 144 Å². The Labute approximate surface area is 250 Å². The zero-order chi connectivity index (χ0) is 29.6. The minimum Gasteiger partial charge on any atom is -0.455 e. The number of ether oxygens (including phenoxy) is 1. The highest BCUT2D eigenvalue weighted by molar-refractivity contribution is 9.10. The molecule has 2 heterocycles. The number of rotatable bonds is 9. The summed E-state index contributed by atoms with van der Waals surface area (Å²) in [5, 5.41) is 9.65. The summed E-state index contributed by atoms with van der Waals surface area (Å²) in [5.74, 6) is 1.15. The fraction of sp³-hybridized carbons (Fsp3) is 0.129. The average molecular weight is 627 g/mol. The molecule has 5 aromatic rings. The first-order valence-corrected chi connectivity index (χ1v) is 14.0. The quantitative estimate of drug-likeness (QED) is 0.143. The fourth-order valence-corrected chi connectivity index (χ4v) is 4.31. The standard InChI is InChI=1S/C31H28BrN7O3/c1-18(2)25-13-12-24-29(38-25)34-17-35-30(24)39-26-15-19(31(41)37-22-6-4-20(32)5-7-22)3-14-27(26)42-23-10-8-21(9-11-23)36-28(40)16-33/h3-15,17-18H,16,33H2,1-2H3,(H,36,40)(H,37,41)(H,34,35,38,39). The van der Waals surface area contributed by atoms with Crippen molar-refractivity contribution in [1.82, 2.24) is 15.0 Å². The Hall–Kier alpha value is -4.87. The molecule has 42 heavy (non-hydrogen) atoms. The van der Waals surface area contributed by atoms with Gasteiger partial charge in [0.05, 0.1) is 17.6 Å². The van der Waals surface area contributed by atoms with E-state index in [4.69, 9.17) is 10.5 Å². The molecule has 0 saturated heterocycles. The largest absolute Gasteiger partial charge is 0.455 e. The first-order chi connectivity index (χ1) is 20.3. The number of hydrogen-bond acceptors (Lipinski definition) is 8. The lowest BCUT2D eigenvalue weighted by molar-refractivity contribution is -0.114. The van der Waals surface area contributed by atoms with Crippen LogP contribution in [0.3, 0.4) is 0 Å². The van der Waals surface area contributed by atoms with Gasteiger partial charge >= 0.3 is 0 Å². The molecule has 0 aliphatic rings. The first-order valence-electron chi connectivity index (χ1n) is 13.2. The number of anilines is 4. The molecule has 0 spiro atoms. The molecule has 0 saturated carbocycles. The van der Waals surface area contributed by atoms with Crippen LogP contribution in [0.2, 0.25) is 0 Å². The highest BCUT2D eigenvalue weighted by atomic mass is 79.9. The van der Waals surface area contributed by atoms with Crippen LogP contribution in [0.25, 0.3) is 11.0 Å². The van der Waals surface area contributed by atoms with Gasteiger partial charge < -0.3 is 26.4 Å². The molecule has 10 nitrogen and oxygen atoms in total. The molecule has 5 rings (SSSR count). The van der Waals surface area contributed by atoms with Crippen molar-refractivity contribution in [2.45, 2.75) is 19.8 Å². The van der Waals surface area contributed by atoms with Crippen molar-refractivity contribution < 1.29 is 14.3 Å². The first kappa shape index (κ1) is 28.7. The van der Waals surface area contributed by atoms with E-state index in [0.29, 0.717) is 45.6 Å². The number of nitrogens with one attached hydrogen (secondary N) is 3. The van der Waals surface area contributed by atoms with Crippen molar-refractivity contribution >= 4 is 61.7 Å². The van der Waals surface area contributed by atoms with E-state index in [9.17, 15) is 9.59 Å². The van der Waals surface area contributed by atoms with Gasteiger partial charge in [0, 0.05) is 27.1 Å². The third-order valence-electron chi connectivity index (χ3n) is 6.26. The Kier molecular flexibility index (Phi) is 8.70. The second-order valence-electron chi connectivity index (χ2n) is 9.66. The summed E-state index contributed by atoms with van der Waals surface area (Å²) in [7, 11) is 0. The fourth-order valence-electron chi connectivity index (χ4n) is 4.05. The zero-order valence-corrected chi connectivity index (χ0v) is 24.5. The van der Waals surface area contributed by atoms with Gasteiger partial charge in [0.25, 0.3) is 5.91 Å². The van der Waals surface area contributed by atoms with Crippen LogP contribution in [0.5, 0.6) is 11.5 Å². The van der Waals surface area contributed by atoms with Gasteiger partial charge in [-0.25, -0.2) is 15.0 Å². The van der Waals surface area contributed by atoms with Crippen LogP contribution in [0.1, 0.15) is 35.8 Å². The number of aromatic nitrogens is 3. The van der Waals surface area contributed by atoms with E-state index in [1.165, 1.54) is 6.33 Å². The molecule has 2 amide bonds. The van der Waals surface area contributed by atoms with Gasteiger partial charge in [0.1, 0.15) is 17.9 Å². The van der Waals surface area contributed by atoms with Gasteiger partial charge in [-0.15, -0.1) is 0 Å². The smallest absolute Gasteiger partial charge is 0.255 e. The van der Waals surface area contributed by atoms with E-state index >= 15 is 0 Å². The Morgan fingerprint density at radius 3 is 2.33 bits per heavy atom. The molecule has 212 valence electrons. The number of hydrogen-bond donors (Lipinski definition) is 4. The van der Waals surface area contributed by atoms with Gasteiger partial charge in [-0.3, -0.25) is 9.59 Å². The molecule has 2 aromatic heterocycles. The summed E-state index contributed by atoms with van der Waals surface area (Å²) >= 11 is 3.41. The Balaban J connectivity index is 1.48. The van der Waals surface area contributed by atoms with Gasteiger partial charge in [0.2, 0.25) is 5.91 Å². The van der Waals surface area contributed by atoms with Crippen molar-refractivity contribution in [2.75, 3.05) is 22.5 Å². The van der Waals surface area contributed by atoms with E-state index in [1.54, 1.807) is 42.5 Å².